The molecule has 1 fully saturated rings. The van der Waals surface area contributed by atoms with Gasteiger partial charge in [-0.25, -0.2) is 0 Å². The van der Waals surface area contributed by atoms with Crippen LogP contribution in [-0.4, -0.2) is 18.0 Å². The predicted molar refractivity (Wildman–Crippen MR) is 80.7 cm³/mol. The van der Waals surface area contributed by atoms with Gasteiger partial charge in [-0.3, -0.25) is 4.79 Å². The normalized spacial score (nSPS) is 17.3. The summed E-state index contributed by atoms with van der Waals surface area (Å²) in [7, 11) is 0. The summed E-state index contributed by atoms with van der Waals surface area (Å²) in [5.74, 6) is 0.0714. The zero-order chi connectivity index (χ0) is 15.7. The van der Waals surface area contributed by atoms with Gasteiger partial charge in [0.2, 0.25) is 5.91 Å². The lowest BCUT2D eigenvalue weighted by atomic mass is 9.95. The fraction of sp³-hybridized carbons (Fsp3) is 0.533. The molecule has 0 saturated heterocycles. The Balaban J connectivity index is 0.00000242. The highest BCUT2D eigenvalue weighted by molar-refractivity contribution is 5.85. The van der Waals surface area contributed by atoms with Gasteiger partial charge < -0.3 is 11.1 Å². The number of alkyl halides is 3. The molecule has 0 spiro atoms. The van der Waals surface area contributed by atoms with Crippen molar-refractivity contribution in [1.29, 1.82) is 0 Å². The zero-order valence-electron chi connectivity index (χ0n) is 12.2. The van der Waals surface area contributed by atoms with Crippen LogP contribution in [0.1, 0.15) is 30.9 Å². The highest BCUT2D eigenvalue weighted by Crippen LogP contribution is 2.39. The van der Waals surface area contributed by atoms with Crippen LogP contribution in [0.3, 0.4) is 0 Å². The number of rotatable bonds is 5. The number of halogens is 4. The highest BCUT2D eigenvalue weighted by atomic mass is 35.5. The molecule has 1 atom stereocenters. The van der Waals surface area contributed by atoms with Crippen LogP contribution in [0, 0.1) is 5.92 Å². The SMILES string of the molecule is CC(CN)(NC(=O)Cc1cccc(C(F)(F)F)c1)C1CC1.Cl. The molecule has 7 heteroatoms. The Morgan fingerprint density at radius 1 is 1.36 bits per heavy atom. The largest absolute Gasteiger partial charge is 0.416 e. The molecule has 3 nitrogen and oxygen atoms in total. The number of nitrogens with one attached hydrogen (secondary N) is 1. The van der Waals surface area contributed by atoms with Gasteiger partial charge in [0.15, 0.2) is 0 Å². The first-order valence-electron chi connectivity index (χ1n) is 6.92. The lowest BCUT2D eigenvalue weighted by Gasteiger charge is -2.29. The molecule has 1 amide bonds. The van der Waals surface area contributed by atoms with Gasteiger partial charge in [0.05, 0.1) is 17.5 Å². The van der Waals surface area contributed by atoms with Gasteiger partial charge in [-0.15, -0.1) is 12.4 Å². The number of amides is 1. The minimum absolute atomic E-state index is 0. The van der Waals surface area contributed by atoms with E-state index in [9.17, 15) is 18.0 Å². The molecule has 3 N–H and O–H groups in total. The van der Waals surface area contributed by atoms with Gasteiger partial charge in [-0.1, -0.05) is 18.2 Å². The summed E-state index contributed by atoms with van der Waals surface area (Å²) in [6, 6.07) is 4.84. The average molecular weight is 337 g/mol. The molecule has 124 valence electrons. The van der Waals surface area contributed by atoms with Crippen molar-refractivity contribution in [3.8, 4) is 0 Å². The van der Waals surface area contributed by atoms with Crippen LogP contribution in [0.4, 0.5) is 13.2 Å². The minimum Gasteiger partial charge on any atom is -0.349 e. The van der Waals surface area contributed by atoms with Crippen molar-refractivity contribution in [2.24, 2.45) is 11.7 Å². The van der Waals surface area contributed by atoms with Crippen molar-refractivity contribution in [1.82, 2.24) is 5.32 Å². The highest BCUT2D eigenvalue weighted by Gasteiger charge is 2.41. The summed E-state index contributed by atoms with van der Waals surface area (Å²) in [6.07, 6.45) is -2.42. The Hall–Kier alpha value is -1.27. The van der Waals surface area contributed by atoms with E-state index in [-0.39, 0.29) is 24.7 Å². The molecule has 0 bridgehead atoms. The first-order valence-corrected chi connectivity index (χ1v) is 6.92. The standard InChI is InChI=1S/C15H19F3N2O.ClH/c1-14(9-19,11-5-6-11)20-13(21)8-10-3-2-4-12(7-10)15(16,17)18;/h2-4,7,11H,5-6,8-9,19H2,1H3,(H,20,21);1H. The van der Waals surface area contributed by atoms with Gasteiger partial charge >= 0.3 is 6.18 Å². The number of hydrogen-bond donors (Lipinski definition) is 2. The monoisotopic (exact) mass is 336 g/mol. The van der Waals surface area contributed by atoms with E-state index in [1.54, 1.807) is 0 Å². The van der Waals surface area contributed by atoms with Crippen LogP contribution in [0.15, 0.2) is 24.3 Å². The van der Waals surface area contributed by atoms with Crippen LogP contribution in [0.25, 0.3) is 0 Å². The van der Waals surface area contributed by atoms with E-state index in [1.807, 2.05) is 6.92 Å². The Morgan fingerprint density at radius 2 is 2.00 bits per heavy atom. The zero-order valence-corrected chi connectivity index (χ0v) is 13.1. The summed E-state index contributed by atoms with van der Waals surface area (Å²) in [6.45, 7) is 2.21. The van der Waals surface area contributed by atoms with E-state index in [4.69, 9.17) is 5.73 Å². The molecule has 1 aromatic rings. The topological polar surface area (TPSA) is 55.1 Å². The lowest BCUT2D eigenvalue weighted by Crippen LogP contribution is -2.53. The maximum atomic E-state index is 12.6. The number of benzene rings is 1. The van der Waals surface area contributed by atoms with Crippen LogP contribution < -0.4 is 11.1 Å². The van der Waals surface area contributed by atoms with Crippen LogP contribution >= 0.6 is 12.4 Å². The molecule has 0 heterocycles. The Morgan fingerprint density at radius 3 is 2.50 bits per heavy atom. The van der Waals surface area contributed by atoms with Crippen LogP contribution in [0.2, 0.25) is 0 Å². The van der Waals surface area contributed by atoms with Gasteiger partial charge in [0.1, 0.15) is 0 Å². The second kappa shape index (κ2) is 6.87. The van der Waals surface area contributed by atoms with E-state index < -0.39 is 17.3 Å². The van der Waals surface area contributed by atoms with E-state index in [0.717, 1.165) is 25.0 Å². The molecule has 1 aromatic carbocycles. The summed E-state index contributed by atoms with van der Waals surface area (Å²) < 4.78 is 37.9. The van der Waals surface area contributed by atoms with E-state index >= 15 is 0 Å². The number of carbonyl (C=O) groups is 1. The van der Waals surface area contributed by atoms with Crippen molar-refractivity contribution in [3.05, 3.63) is 35.4 Å². The van der Waals surface area contributed by atoms with Gasteiger partial charge in [-0.05, 0) is 37.3 Å². The van der Waals surface area contributed by atoms with Crippen molar-refractivity contribution in [3.63, 3.8) is 0 Å². The van der Waals surface area contributed by atoms with Crippen LogP contribution in [0.5, 0.6) is 0 Å². The van der Waals surface area contributed by atoms with E-state index in [0.29, 0.717) is 18.0 Å². The quantitative estimate of drug-likeness (QED) is 0.868. The third-order valence-electron chi connectivity index (χ3n) is 3.95. The number of carbonyl (C=O) groups excluding carboxylic acids is 1. The van der Waals surface area contributed by atoms with Gasteiger partial charge in [0, 0.05) is 6.54 Å². The predicted octanol–water partition coefficient (Wildman–Crippen LogP) is 2.91. The molecular formula is C15H20ClF3N2O. The number of hydrogen-bond acceptors (Lipinski definition) is 2. The van der Waals surface area contributed by atoms with Crippen molar-refractivity contribution in [2.45, 2.75) is 37.9 Å². The molecular weight excluding hydrogens is 317 g/mol. The molecule has 1 aliphatic carbocycles. The summed E-state index contributed by atoms with van der Waals surface area (Å²) >= 11 is 0. The van der Waals surface area contributed by atoms with Crippen molar-refractivity contribution >= 4 is 18.3 Å². The molecule has 1 aliphatic rings. The van der Waals surface area contributed by atoms with Crippen LogP contribution in [-0.2, 0) is 17.4 Å². The fourth-order valence-corrected chi connectivity index (χ4v) is 2.45. The summed E-state index contributed by atoms with van der Waals surface area (Å²) in [5, 5.41) is 2.87. The third kappa shape index (κ3) is 4.61. The third-order valence-corrected chi connectivity index (χ3v) is 3.95. The number of nitrogens with two attached hydrogens (primary N) is 1. The minimum atomic E-state index is -4.40. The molecule has 22 heavy (non-hydrogen) atoms. The smallest absolute Gasteiger partial charge is 0.349 e. The lowest BCUT2D eigenvalue weighted by molar-refractivity contribution is -0.137. The molecule has 0 radical (unpaired) electrons. The molecule has 2 rings (SSSR count). The van der Waals surface area contributed by atoms with Crippen molar-refractivity contribution < 1.29 is 18.0 Å². The van der Waals surface area contributed by atoms with Gasteiger partial charge in [-0.2, -0.15) is 13.2 Å². The molecule has 1 unspecified atom stereocenters. The Labute approximate surface area is 133 Å². The maximum absolute atomic E-state index is 12.6. The summed E-state index contributed by atoms with van der Waals surface area (Å²) in [5.41, 5.74) is 4.85. The maximum Gasteiger partial charge on any atom is 0.416 e. The van der Waals surface area contributed by atoms with E-state index in [2.05, 4.69) is 5.32 Å². The van der Waals surface area contributed by atoms with Gasteiger partial charge in [0.25, 0.3) is 0 Å². The molecule has 0 aromatic heterocycles. The fourth-order valence-electron chi connectivity index (χ4n) is 2.45. The average Bonchev–Trinajstić information content (AvgIpc) is 3.22. The summed E-state index contributed by atoms with van der Waals surface area (Å²) in [4.78, 5) is 12.0. The molecule has 1 saturated carbocycles. The van der Waals surface area contributed by atoms with Crippen molar-refractivity contribution in [2.75, 3.05) is 6.54 Å². The second-order valence-corrected chi connectivity index (χ2v) is 5.82. The first kappa shape index (κ1) is 18.8. The van der Waals surface area contributed by atoms with E-state index in [1.165, 1.54) is 12.1 Å². The first-order chi connectivity index (χ1) is 9.74. The Bertz CT molecular complexity index is 532. The second-order valence-electron chi connectivity index (χ2n) is 5.82. The molecule has 0 aliphatic heterocycles. The Kier molecular flexibility index (Phi) is 5.87.